The molecule has 2 aromatic carbocycles. The number of urea groups is 1. The number of carbonyl (C=O) groups excluding carboxylic acids is 1. The summed E-state index contributed by atoms with van der Waals surface area (Å²) in [5.41, 5.74) is 4.39. The van der Waals surface area contributed by atoms with E-state index in [1.165, 1.54) is 5.56 Å². The fraction of sp³-hybridized carbons (Fsp3) is 0.350. The molecule has 0 aliphatic carbocycles. The second-order valence-electron chi connectivity index (χ2n) is 6.16. The van der Waals surface area contributed by atoms with Gasteiger partial charge in [-0.3, -0.25) is 0 Å². The summed E-state index contributed by atoms with van der Waals surface area (Å²) in [5, 5.41) is 5.99. The van der Waals surface area contributed by atoms with Crippen LogP contribution >= 0.6 is 0 Å². The van der Waals surface area contributed by atoms with E-state index >= 15 is 0 Å². The van der Waals surface area contributed by atoms with E-state index in [1.54, 1.807) is 7.11 Å². The first-order valence-corrected chi connectivity index (χ1v) is 8.19. The third kappa shape index (κ3) is 4.28. The monoisotopic (exact) mass is 326 g/mol. The molecule has 4 heteroatoms. The number of benzene rings is 2. The maximum atomic E-state index is 12.3. The van der Waals surface area contributed by atoms with Gasteiger partial charge in [-0.15, -0.1) is 0 Å². The van der Waals surface area contributed by atoms with Crippen molar-refractivity contribution in [2.24, 2.45) is 0 Å². The smallest absolute Gasteiger partial charge is 0.315 e. The Morgan fingerprint density at radius 2 is 1.58 bits per heavy atom. The number of ether oxygens (including phenoxy) is 1. The van der Waals surface area contributed by atoms with E-state index in [0.717, 1.165) is 22.4 Å². The quantitative estimate of drug-likeness (QED) is 0.854. The van der Waals surface area contributed by atoms with Gasteiger partial charge in [0.05, 0.1) is 19.2 Å². The van der Waals surface area contributed by atoms with Gasteiger partial charge in [-0.25, -0.2) is 4.79 Å². The van der Waals surface area contributed by atoms with Crippen molar-refractivity contribution >= 4 is 6.03 Å². The second-order valence-corrected chi connectivity index (χ2v) is 6.16. The maximum absolute atomic E-state index is 12.3. The third-order valence-corrected chi connectivity index (χ3v) is 4.20. The molecule has 0 saturated carbocycles. The zero-order valence-electron chi connectivity index (χ0n) is 15.0. The molecule has 0 spiro atoms. The van der Waals surface area contributed by atoms with Crippen LogP contribution < -0.4 is 15.4 Å². The van der Waals surface area contributed by atoms with E-state index in [-0.39, 0.29) is 18.1 Å². The number of carbonyl (C=O) groups is 1. The van der Waals surface area contributed by atoms with Gasteiger partial charge in [0.25, 0.3) is 0 Å². The Labute approximate surface area is 144 Å². The highest BCUT2D eigenvalue weighted by Crippen LogP contribution is 2.26. The topological polar surface area (TPSA) is 50.4 Å². The van der Waals surface area contributed by atoms with E-state index < -0.39 is 0 Å². The van der Waals surface area contributed by atoms with Gasteiger partial charge in [-0.2, -0.15) is 0 Å². The molecule has 2 amide bonds. The molecule has 0 aromatic heterocycles. The molecule has 2 atom stereocenters. The van der Waals surface area contributed by atoms with E-state index in [4.69, 9.17) is 4.74 Å². The highest BCUT2D eigenvalue weighted by molar-refractivity contribution is 5.75. The molecule has 0 saturated heterocycles. The van der Waals surface area contributed by atoms with Gasteiger partial charge in [0, 0.05) is 5.56 Å². The first-order chi connectivity index (χ1) is 11.4. The van der Waals surface area contributed by atoms with Crippen LogP contribution in [0.25, 0.3) is 0 Å². The van der Waals surface area contributed by atoms with Crippen LogP contribution in [0.1, 0.15) is 48.2 Å². The SMILES string of the molecule is COc1ccc(C)cc1[C@H](C)NC(=O)N[C@@H](C)c1ccccc1C. The van der Waals surface area contributed by atoms with E-state index in [0.29, 0.717) is 0 Å². The Hall–Kier alpha value is -2.49. The summed E-state index contributed by atoms with van der Waals surface area (Å²) in [5.74, 6) is 0.778. The first kappa shape index (κ1) is 17.9. The summed E-state index contributed by atoms with van der Waals surface area (Å²) in [4.78, 5) is 12.3. The van der Waals surface area contributed by atoms with E-state index in [1.807, 2.05) is 70.2 Å². The van der Waals surface area contributed by atoms with Crippen LogP contribution in [0.4, 0.5) is 4.79 Å². The Kier molecular flexibility index (Phi) is 5.85. The first-order valence-electron chi connectivity index (χ1n) is 8.19. The maximum Gasteiger partial charge on any atom is 0.315 e. The summed E-state index contributed by atoms with van der Waals surface area (Å²) in [7, 11) is 1.64. The largest absolute Gasteiger partial charge is 0.496 e. The minimum Gasteiger partial charge on any atom is -0.496 e. The van der Waals surface area contributed by atoms with Crippen molar-refractivity contribution in [3.63, 3.8) is 0 Å². The molecule has 2 N–H and O–H groups in total. The normalized spacial score (nSPS) is 13.0. The number of nitrogens with one attached hydrogen (secondary N) is 2. The molecule has 2 rings (SSSR count). The fourth-order valence-corrected chi connectivity index (χ4v) is 2.86. The summed E-state index contributed by atoms with van der Waals surface area (Å²) in [6.45, 7) is 8.01. The number of rotatable bonds is 5. The van der Waals surface area contributed by atoms with Gasteiger partial charge in [0.15, 0.2) is 0 Å². The number of hydrogen-bond donors (Lipinski definition) is 2. The van der Waals surface area contributed by atoms with Crippen molar-refractivity contribution in [2.45, 2.75) is 39.8 Å². The lowest BCUT2D eigenvalue weighted by atomic mass is 10.0. The van der Waals surface area contributed by atoms with Gasteiger partial charge < -0.3 is 15.4 Å². The van der Waals surface area contributed by atoms with Crippen molar-refractivity contribution in [1.82, 2.24) is 10.6 Å². The highest BCUT2D eigenvalue weighted by Gasteiger charge is 2.16. The van der Waals surface area contributed by atoms with Crippen LogP contribution in [-0.2, 0) is 0 Å². The molecule has 0 unspecified atom stereocenters. The van der Waals surface area contributed by atoms with E-state index in [2.05, 4.69) is 10.6 Å². The molecule has 24 heavy (non-hydrogen) atoms. The fourth-order valence-electron chi connectivity index (χ4n) is 2.86. The predicted octanol–water partition coefficient (Wildman–Crippen LogP) is 4.43. The number of aryl methyl sites for hydroxylation is 2. The highest BCUT2D eigenvalue weighted by atomic mass is 16.5. The lowest BCUT2D eigenvalue weighted by Gasteiger charge is -2.21. The summed E-state index contributed by atoms with van der Waals surface area (Å²) in [6.07, 6.45) is 0. The molecule has 0 heterocycles. The van der Waals surface area contributed by atoms with Crippen LogP contribution in [0.5, 0.6) is 5.75 Å². The Balaban J connectivity index is 2.04. The van der Waals surface area contributed by atoms with Crippen LogP contribution in [0, 0.1) is 13.8 Å². The van der Waals surface area contributed by atoms with Gasteiger partial charge >= 0.3 is 6.03 Å². The third-order valence-electron chi connectivity index (χ3n) is 4.20. The lowest BCUT2D eigenvalue weighted by molar-refractivity contribution is 0.234. The van der Waals surface area contributed by atoms with Crippen molar-refractivity contribution < 1.29 is 9.53 Å². The van der Waals surface area contributed by atoms with Crippen molar-refractivity contribution in [2.75, 3.05) is 7.11 Å². The van der Waals surface area contributed by atoms with Crippen LogP contribution in [0.15, 0.2) is 42.5 Å². The van der Waals surface area contributed by atoms with Crippen LogP contribution in [0.2, 0.25) is 0 Å². The molecule has 0 aliphatic rings. The van der Waals surface area contributed by atoms with Gasteiger partial charge in [0.2, 0.25) is 0 Å². The minimum absolute atomic E-state index is 0.0576. The van der Waals surface area contributed by atoms with E-state index in [9.17, 15) is 4.79 Å². The van der Waals surface area contributed by atoms with Crippen molar-refractivity contribution in [3.8, 4) is 5.75 Å². The lowest BCUT2D eigenvalue weighted by Crippen LogP contribution is -2.38. The van der Waals surface area contributed by atoms with Crippen molar-refractivity contribution in [3.05, 3.63) is 64.7 Å². The molecule has 0 radical (unpaired) electrons. The Morgan fingerprint density at radius 1 is 0.958 bits per heavy atom. The molecule has 128 valence electrons. The molecule has 2 aromatic rings. The minimum atomic E-state index is -0.193. The Morgan fingerprint density at radius 3 is 2.21 bits per heavy atom. The zero-order chi connectivity index (χ0) is 17.7. The summed E-state index contributed by atoms with van der Waals surface area (Å²) in [6, 6.07) is 13.6. The standard InChI is InChI=1S/C20H26N2O2/c1-13-10-11-19(24-5)18(12-13)16(4)22-20(23)21-15(3)17-9-7-6-8-14(17)2/h6-12,15-16H,1-5H3,(H2,21,22,23)/t15-,16-/m0/s1. The molecular formula is C20H26N2O2. The molecular weight excluding hydrogens is 300 g/mol. The second kappa shape index (κ2) is 7.86. The van der Waals surface area contributed by atoms with Crippen molar-refractivity contribution in [1.29, 1.82) is 0 Å². The number of hydrogen-bond acceptors (Lipinski definition) is 2. The molecule has 4 nitrogen and oxygen atoms in total. The molecule has 0 bridgehead atoms. The van der Waals surface area contributed by atoms with Gasteiger partial charge in [0.1, 0.15) is 5.75 Å². The molecule has 0 fully saturated rings. The number of amides is 2. The summed E-state index contributed by atoms with van der Waals surface area (Å²) >= 11 is 0. The van der Waals surface area contributed by atoms with Gasteiger partial charge in [-0.1, -0.05) is 42.0 Å². The average Bonchev–Trinajstić information content (AvgIpc) is 2.54. The number of methoxy groups -OCH3 is 1. The van der Waals surface area contributed by atoms with Crippen LogP contribution in [0.3, 0.4) is 0 Å². The predicted molar refractivity (Wildman–Crippen MR) is 97.4 cm³/mol. The molecule has 0 aliphatic heterocycles. The van der Waals surface area contributed by atoms with Gasteiger partial charge in [-0.05, 0) is 44.9 Å². The Bertz CT molecular complexity index is 713. The summed E-state index contributed by atoms with van der Waals surface area (Å²) < 4.78 is 5.40. The average molecular weight is 326 g/mol. The zero-order valence-corrected chi connectivity index (χ0v) is 15.0. The van der Waals surface area contributed by atoms with Crippen LogP contribution in [-0.4, -0.2) is 13.1 Å².